The standard InChI is InChI=1S/C22H19N/c1-16-14-23-15-17(2)22(19-11-7-4-8-12-19)21(23)13-20(16)18-9-5-3-6-10-18/h3-15H,1-2H3. The van der Waals surface area contributed by atoms with Crippen molar-refractivity contribution < 1.29 is 0 Å². The molecule has 0 radical (unpaired) electrons. The van der Waals surface area contributed by atoms with Crippen LogP contribution in [-0.4, -0.2) is 4.40 Å². The zero-order valence-corrected chi connectivity index (χ0v) is 13.5. The molecule has 1 nitrogen and oxygen atoms in total. The first-order chi connectivity index (χ1) is 11.2. The number of benzene rings is 2. The highest BCUT2D eigenvalue weighted by atomic mass is 14.9. The van der Waals surface area contributed by atoms with Gasteiger partial charge in [-0.2, -0.15) is 0 Å². The second kappa shape index (κ2) is 5.44. The minimum Gasteiger partial charge on any atom is -0.323 e. The van der Waals surface area contributed by atoms with Crippen molar-refractivity contribution in [3.8, 4) is 22.3 Å². The molecule has 4 aromatic rings. The van der Waals surface area contributed by atoms with Crippen LogP contribution in [0.2, 0.25) is 0 Å². The van der Waals surface area contributed by atoms with E-state index in [9.17, 15) is 0 Å². The van der Waals surface area contributed by atoms with Crippen LogP contribution in [0.4, 0.5) is 0 Å². The molecule has 0 saturated heterocycles. The van der Waals surface area contributed by atoms with Gasteiger partial charge in [-0.25, -0.2) is 0 Å². The second-order valence-electron chi connectivity index (χ2n) is 6.08. The van der Waals surface area contributed by atoms with Crippen molar-refractivity contribution >= 4 is 5.52 Å². The Balaban J connectivity index is 2.01. The summed E-state index contributed by atoms with van der Waals surface area (Å²) in [4.78, 5) is 0. The van der Waals surface area contributed by atoms with Gasteiger partial charge in [0.1, 0.15) is 0 Å². The largest absolute Gasteiger partial charge is 0.323 e. The summed E-state index contributed by atoms with van der Waals surface area (Å²) in [7, 11) is 0. The van der Waals surface area contributed by atoms with Gasteiger partial charge in [-0.3, -0.25) is 0 Å². The predicted octanol–water partition coefficient (Wildman–Crippen LogP) is 5.89. The van der Waals surface area contributed by atoms with Crippen molar-refractivity contribution in [1.82, 2.24) is 4.40 Å². The van der Waals surface area contributed by atoms with Crippen LogP contribution in [0.25, 0.3) is 27.8 Å². The lowest BCUT2D eigenvalue weighted by atomic mass is 9.99. The average molecular weight is 297 g/mol. The van der Waals surface area contributed by atoms with E-state index in [1.165, 1.54) is 38.9 Å². The van der Waals surface area contributed by atoms with Crippen molar-refractivity contribution in [3.63, 3.8) is 0 Å². The lowest BCUT2D eigenvalue weighted by Gasteiger charge is -2.09. The van der Waals surface area contributed by atoms with Crippen molar-refractivity contribution in [3.05, 3.63) is 90.3 Å². The smallest absolute Gasteiger partial charge is 0.0537 e. The Labute approximate surface area is 136 Å². The van der Waals surface area contributed by atoms with Crippen LogP contribution in [0, 0.1) is 13.8 Å². The van der Waals surface area contributed by atoms with Gasteiger partial charge in [0.05, 0.1) is 5.52 Å². The number of nitrogens with zero attached hydrogens (tertiary/aromatic N) is 1. The van der Waals surface area contributed by atoms with E-state index < -0.39 is 0 Å². The number of aromatic nitrogens is 1. The molecular formula is C22H19N. The minimum absolute atomic E-state index is 1.26. The Morgan fingerprint density at radius 1 is 0.652 bits per heavy atom. The Bertz CT molecular complexity index is 963. The first-order valence-electron chi connectivity index (χ1n) is 7.97. The molecule has 1 heteroatoms. The molecule has 2 aromatic heterocycles. The topological polar surface area (TPSA) is 4.41 Å². The summed E-state index contributed by atoms with van der Waals surface area (Å²) >= 11 is 0. The highest BCUT2D eigenvalue weighted by Gasteiger charge is 2.12. The van der Waals surface area contributed by atoms with E-state index in [0.717, 1.165) is 0 Å². The Hall–Kier alpha value is -2.80. The molecule has 0 saturated carbocycles. The second-order valence-corrected chi connectivity index (χ2v) is 6.08. The van der Waals surface area contributed by atoms with Crippen molar-refractivity contribution in [2.75, 3.05) is 0 Å². The molecule has 0 aliphatic heterocycles. The van der Waals surface area contributed by atoms with E-state index in [0.29, 0.717) is 0 Å². The number of fused-ring (bicyclic) bond motifs is 1. The van der Waals surface area contributed by atoms with Crippen molar-refractivity contribution in [2.24, 2.45) is 0 Å². The monoisotopic (exact) mass is 297 g/mol. The summed E-state index contributed by atoms with van der Waals surface area (Å²) in [5.41, 5.74) is 9.02. The number of hydrogen-bond acceptors (Lipinski definition) is 0. The van der Waals surface area contributed by atoms with Gasteiger partial charge in [-0.15, -0.1) is 0 Å². The summed E-state index contributed by atoms with van der Waals surface area (Å²) in [6, 6.07) is 23.6. The molecule has 0 atom stereocenters. The summed E-state index contributed by atoms with van der Waals surface area (Å²) < 4.78 is 2.25. The predicted molar refractivity (Wildman–Crippen MR) is 97.7 cm³/mol. The van der Waals surface area contributed by atoms with Gasteiger partial charge in [0.2, 0.25) is 0 Å². The molecule has 0 aliphatic rings. The van der Waals surface area contributed by atoms with Gasteiger partial charge >= 0.3 is 0 Å². The van der Waals surface area contributed by atoms with Crippen LogP contribution in [0.3, 0.4) is 0 Å². The third kappa shape index (κ3) is 2.35. The molecule has 0 fully saturated rings. The third-order valence-corrected chi connectivity index (χ3v) is 4.45. The van der Waals surface area contributed by atoms with Crippen molar-refractivity contribution in [2.45, 2.75) is 13.8 Å². The molecule has 0 aliphatic carbocycles. The van der Waals surface area contributed by atoms with E-state index in [2.05, 4.69) is 97.4 Å². The molecule has 112 valence electrons. The van der Waals surface area contributed by atoms with E-state index in [1.807, 2.05) is 0 Å². The molecule has 0 bridgehead atoms. The zero-order valence-electron chi connectivity index (χ0n) is 13.5. The minimum atomic E-state index is 1.26. The van der Waals surface area contributed by atoms with Crippen LogP contribution in [0.5, 0.6) is 0 Å². The molecule has 0 unspecified atom stereocenters. The Morgan fingerprint density at radius 2 is 1.22 bits per heavy atom. The molecule has 2 aromatic carbocycles. The summed E-state index contributed by atoms with van der Waals surface area (Å²) in [5.74, 6) is 0. The lowest BCUT2D eigenvalue weighted by molar-refractivity contribution is 1.16. The van der Waals surface area contributed by atoms with Crippen LogP contribution in [0.1, 0.15) is 11.1 Å². The molecule has 4 rings (SSSR count). The van der Waals surface area contributed by atoms with Gasteiger partial charge in [-0.05, 0) is 47.7 Å². The number of pyridine rings is 1. The van der Waals surface area contributed by atoms with Gasteiger partial charge in [0, 0.05) is 18.0 Å². The van der Waals surface area contributed by atoms with Crippen LogP contribution in [0.15, 0.2) is 79.1 Å². The lowest BCUT2D eigenvalue weighted by Crippen LogP contribution is -1.90. The molecule has 2 heterocycles. The molecular weight excluding hydrogens is 278 g/mol. The van der Waals surface area contributed by atoms with Crippen LogP contribution in [-0.2, 0) is 0 Å². The number of aryl methyl sites for hydroxylation is 2. The van der Waals surface area contributed by atoms with E-state index in [-0.39, 0.29) is 0 Å². The first-order valence-corrected chi connectivity index (χ1v) is 7.97. The highest BCUT2D eigenvalue weighted by Crippen LogP contribution is 2.33. The van der Waals surface area contributed by atoms with Gasteiger partial charge in [0.15, 0.2) is 0 Å². The fraction of sp³-hybridized carbons (Fsp3) is 0.0909. The highest BCUT2D eigenvalue weighted by molar-refractivity contribution is 5.87. The first kappa shape index (κ1) is 13.8. The van der Waals surface area contributed by atoms with Gasteiger partial charge in [0.25, 0.3) is 0 Å². The summed E-state index contributed by atoms with van der Waals surface area (Å²) in [6.45, 7) is 4.37. The average Bonchev–Trinajstić information content (AvgIpc) is 2.90. The number of rotatable bonds is 2. The Kier molecular flexibility index (Phi) is 3.27. The van der Waals surface area contributed by atoms with Gasteiger partial charge in [-0.1, -0.05) is 60.7 Å². The van der Waals surface area contributed by atoms with Crippen molar-refractivity contribution in [1.29, 1.82) is 0 Å². The summed E-state index contributed by atoms with van der Waals surface area (Å²) in [5, 5.41) is 0. The molecule has 0 spiro atoms. The van der Waals surface area contributed by atoms with E-state index in [1.54, 1.807) is 0 Å². The third-order valence-electron chi connectivity index (χ3n) is 4.45. The summed E-state index contributed by atoms with van der Waals surface area (Å²) in [6.07, 6.45) is 4.45. The fourth-order valence-electron chi connectivity index (χ4n) is 3.37. The molecule has 0 N–H and O–H groups in total. The SMILES string of the molecule is Cc1cn2cc(C)c(-c3ccccc3)c2cc1-c1ccccc1. The van der Waals surface area contributed by atoms with Gasteiger partial charge < -0.3 is 4.40 Å². The Morgan fingerprint density at radius 3 is 1.87 bits per heavy atom. The quantitative estimate of drug-likeness (QED) is 0.434. The van der Waals surface area contributed by atoms with E-state index >= 15 is 0 Å². The molecule has 0 amide bonds. The zero-order chi connectivity index (χ0) is 15.8. The maximum absolute atomic E-state index is 2.32. The molecule has 23 heavy (non-hydrogen) atoms. The van der Waals surface area contributed by atoms with Crippen LogP contribution < -0.4 is 0 Å². The maximum Gasteiger partial charge on any atom is 0.0537 e. The number of hydrogen-bond donors (Lipinski definition) is 0. The maximum atomic E-state index is 2.32. The normalized spacial score (nSPS) is 11.0. The van der Waals surface area contributed by atoms with E-state index in [4.69, 9.17) is 0 Å². The fourth-order valence-corrected chi connectivity index (χ4v) is 3.37. The van der Waals surface area contributed by atoms with Crippen LogP contribution >= 0.6 is 0 Å².